The molecule has 0 heterocycles. The van der Waals surface area contributed by atoms with Gasteiger partial charge in [-0.3, -0.25) is 0 Å². The molecule has 0 bridgehead atoms. The van der Waals surface area contributed by atoms with Gasteiger partial charge in [0.05, 0.1) is 12.6 Å². The number of amides is 1. The topological polar surface area (TPSA) is 64.6 Å². The molecule has 20 heavy (non-hydrogen) atoms. The molecule has 0 aliphatic heterocycles. The van der Waals surface area contributed by atoms with E-state index >= 15 is 0 Å². The SMILES string of the molecule is CCOC(=O)/C=C/[C@@](F)(Cl)[C@@H](C)NC(=O)OC(C)(C)C. The summed E-state index contributed by atoms with van der Waals surface area (Å²) < 4.78 is 23.7. The van der Waals surface area contributed by atoms with E-state index in [0.717, 1.165) is 12.2 Å². The normalized spacial score (nSPS) is 16.4. The lowest BCUT2D eigenvalue weighted by atomic mass is 10.2. The first-order valence-corrected chi connectivity index (χ1v) is 6.59. The minimum Gasteiger partial charge on any atom is -0.463 e. The third-order valence-electron chi connectivity index (χ3n) is 2.04. The summed E-state index contributed by atoms with van der Waals surface area (Å²) >= 11 is 5.61. The fourth-order valence-corrected chi connectivity index (χ4v) is 1.21. The lowest BCUT2D eigenvalue weighted by Crippen LogP contribution is -2.46. The fraction of sp³-hybridized carbons (Fsp3) is 0.692. The Bertz CT molecular complexity index is 377. The number of rotatable bonds is 5. The molecule has 5 nitrogen and oxygen atoms in total. The van der Waals surface area contributed by atoms with Crippen molar-refractivity contribution in [2.24, 2.45) is 0 Å². The zero-order valence-corrected chi connectivity index (χ0v) is 13.1. The Labute approximate surface area is 123 Å². The smallest absolute Gasteiger partial charge is 0.408 e. The van der Waals surface area contributed by atoms with Crippen LogP contribution in [0.5, 0.6) is 0 Å². The molecule has 0 aromatic carbocycles. The van der Waals surface area contributed by atoms with Gasteiger partial charge in [0.15, 0.2) is 0 Å². The summed E-state index contributed by atoms with van der Waals surface area (Å²) in [6, 6.07) is -1.09. The van der Waals surface area contributed by atoms with E-state index in [0.29, 0.717) is 0 Å². The quantitative estimate of drug-likeness (QED) is 0.482. The van der Waals surface area contributed by atoms with E-state index < -0.39 is 28.8 Å². The summed E-state index contributed by atoms with van der Waals surface area (Å²) in [5.41, 5.74) is -0.699. The number of hydrogen-bond donors (Lipinski definition) is 1. The van der Waals surface area contributed by atoms with Crippen molar-refractivity contribution in [3.05, 3.63) is 12.2 Å². The molecule has 1 amide bonds. The first kappa shape index (κ1) is 18.7. The van der Waals surface area contributed by atoms with Gasteiger partial charge in [-0.2, -0.15) is 0 Å². The molecule has 0 unspecified atom stereocenters. The molecule has 0 fully saturated rings. The summed E-state index contributed by atoms with van der Waals surface area (Å²) in [6.07, 6.45) is 0.912. The van der Waals surface area contributed by atoms with Gasteiger partial charge in [0, 0.05) is 6.08 Å². The Balaban J connectivity index is 4.54. The third kappa shape index (κ3) is 7.99. The summed E-state index contributed by atoms with van der Waals surface area (Å²) in [5.74, 6) is -0.709. The maximum Gasteiger partial charge on any atom is 0.408 e. The van der Waals surface area contributed by atoms with Crippen LogP contribution in [0.15, 0.2) is 12.2 Å². The van der Waals surface area contributed by atoms with Gasteiger partial charge in [-0.05, 0) is 40.7 Å². The van der Waals surface area contributed by atoms with Crippen LogP contribution in [0.2, 0.25) is 0 Å². The second-order valence-corrected chi connectivity index (χ2v) is 5.71. The van der Waals surface area contributed by atoms with Crippen LogP contribution in [0.4, 0.5) is 9.18 Å². The molecule has 0 rings (SSSR count). The zero-order chi connectivity index (χ0) is 16.0. The van der Waals surface area contributed by atoms with Gasteiger partial charge < -0.3 is 14.8 Å². The Morgan fingerprint density at radius 3 is 2.40 bits per heavy atom. The molecule has 0 spiro atoms. The largest absolute Gasteiger partial charge is 0.463 e. The van der Waals surface area contributed by atoms with Crippen molar-refractivity contribution in [2.75, 3.05) is 6.61 Å². The lowest BCUT2D eigenvalue weighted by molar-refractivity contribution is -0.137. The monoisotopic (exact) mass is 309 g/mol. The van der Waals surface area contributed by atoms with Crippen LogP contribution in [0, 0.1) is 0 Å². The number of alkyl halides is 2. The van der Waals surface area contributed by atoms with Gasteiger partial charge >= 0.3 is 12.1 Å². The van der Waals surface area contributed by atoms with Crippen LogP contribution in [0.3, 0.4) is 0 Å². The summed E-state index contributed by atoms with van der Waals surface area (Å²) in [7, 11) is 0. The average molecular weight is 310 g/mol. The molecule has 0 aromatic heterocycles. The van der Waals surface area contributed by atoms with E-state index in [1.54, 1.807) is 27.7 Å². The third-order valence-corrected chi connectivity index (χ3v) is 2.49. The highest BCUT2D eigenvalue weighted by Gasteiger charge is 2.33. The molecule has 0 radical (unpaired) electrons. The van der Waals surface area contributed by atoms with Gasteiger partial charge in [-0.25, -0.2) is 14.0 Å². The van der Waals surface area contributed by atoms with E-state index in [4.69, 9.17) is 16.3 Å². The van der Waals surface area contributed by atoms with Crippen LogP contribution in [-0.2, 0) is 14.3 Å². The molecule has 0 saturated heterocycles. The van der Waals surface area contributed by atoms with Crippen molar-refractivity contribution in [1.29, 1.82) is 0 Å². The summed E-state index contributed by atoms with van der Waals surface area (Å²) in [6.45, 7) is 8.20. The van der Waals surface area contributed by atoms with Crippen molar-refractivity contribution in [2.45, 2.75) is 51.4 Å². The van der Waals surface area contributed by atoms with Crippen LogP contribution in [0.1, 0.15) is 34.6 Å². The van der Waals surface area contributed by atoms with E-state index in [1.807, 2.05) is 0 Å². The maximum absolute atomic E-state index is 14.1. The van der Waals surface area contributed by atoms with E-state index in [2.05, 4.69) is 10.1 Å². The van der Waals surface area contributed by atoms with Crippen LogP contribution < -0.4 is 5.32 Å². The van der Waals surface area contributed by atoms with Gasteiger partial charge in [0.2, 0.25) is 5.13 Å². The number of alkyl carbamates (subject to hydrolysis) is 1. The number of carbonyl (C=O) groups excluding carboxylic acids is 2. The molecule has 0 aromatic rings. The van der Waals surface area contributed by atoms with Crippen molar-refractivity contribution in [3.8, 4) is 0 Å². The molecule has 116 valence electrons. The minimum atomic E-state index is -2.43. The fourth-order valence-electron chi connectivity index (χ4n) is 1.09. The highest BCUT2D eigenvalue weighted by molar-refractivity contribution is 6.24. The second kappa shape index (κ2) is 7.47. The molecule has 7 heteroatoms. The maximum atomic E-state index is 14.1. The Hall–Kier alpha value is -1.30. The summed E-state index contributed by atoms with van der Waals surface area (Å²) in [4.78, 5) is 22.6. The van der Waals surface area contributed by atoms with Crippen molar-refractivity contribution in [3.63, 3.8) is 0 Å². The number of ether oxygens (including phenoxy) is 2. The van der Waals surface area contributed by atoms with Gasteiger partial charge in [0.1, 0.15) is 5.60 Å². The Kier molecular flexibility index (Phi) is 6.99. The average Bonchev–Trinajstić information content (AvgIpc) is 2.24. The predicted molar refractivity (Wildman–Crippen MR) is 74.3 cm³/mol. The van der Waals surface area contributed by atoms with Gasteiger partial charge in [-0.1, -0.05) is 11.6 Å². The van der Waals surface area contributed by atoms with Crippen molar-refractivity contribution in [1.82, 2.24) is 5.32 Å². The first-order chi connectivity index (χ1) is 8.98. The number of nitrogens with one attached hydrogen (secondary N) is 1. The number of hydrogen-bond acceptors (Lipinski definition) is 4. The van der Waals surface area contributed by atoms with Crippen LogP contribution >= 0.6 is 11.6 Å². The molecule has 2 atom stereocenters. The molecule has 0 saturated carbocycles. The summed E-state index contributed by atoms with van der Waals surface area (Å²) in [5, 5.41) is -0.166. The number of esters is 1. The minimum absolute atomic E-state index is 0.177. The standard InChI is InChI=1S/C13H21ClFNO4/c1-6-19-10(17)7-8-13(14,15)9(2)16-11(18)20-12(3,4)5/h7-9H,6H2,1-5H3,(H,16,18)/b8-7+/t9-,13+/m1/s1. The molecular formula is C13H21ClFNO4. The zero-order valence-electron chi connectivity index (χ0n) is 12.3. The van der Waals surface area contributed by atoms with Crippen molar-refractivity contribution < 1.29 is 23.5 Å². The highest BCUT2D eigenvalue weighted by atomic mass is 35.5. The van der Waals surface area contributed by atoms with Gasteiger partial charge in [0.25, 0.3) is 0 Å². The van der Waals surface area contributed by atoms with E-state index in [9.17, 15) is 14.0 Å². The number of carbonyl (C=O) groups is 2. The predicted octanol–water partition coefficient (Wildman–Crippen LogP) is 2.92. The van der Waals surface area contributed by atoms with Crippen molar-refractivity contribution >= 4 is 23.7 Å². The molecular weight excluding hydrogens is 289 g/mol. The molecule has 0 aliphatic carbocycles. The van der Waals surface area contributed by atoms with Gasteiger partial charge in [-0.15, -0.1) is 0 Å². The number of halogens is 2. The Morgan fingerprint density at radius 1 is 1.40 bits per heavy atom. The first-order valence-electron chi connectivity index (χ1n) is 6.21. The molecule has 1 N–H and O–H groups in total. The second-order valence-electron chi connectivity index (χ2n) is 5.13. The highest BCUT2D eigenvalue weighted by Crippen LogP contribution is 2.24. The van der Waals surface area contributed by atoms with E-state index in [1.165, 1.54) is 6.92 Å². The van der Waals surface area contributed by atoms with E-state index in [-0.39, 0.29) is 6.61 Å². The van der Waals surface area contributed by atoms with Crippen LogP contribution in [-0.4, -0.2) is 35.4 Å². The van der Waals surface area contributed by atoms with Crippen LogP contribution in [0.25, 0.3) is 0 Å². The molecule has 0 aliphatic rings. The Morgan fingerprint density at radius 2 is 1.95 bits per heavy atom. The lowest BCUT2D eigenvalue weighted by Gasteiger charge is -2.25.